The van der Waals surface area contributed by atoms with Crippen molar-refractivity contribution in [3.05, 3.63) is 241 Å². The fraction of sp³-hybridized carbons (Fsp3) is 0.0172. The number of benzene rings is 9. The van der Waals surface area contributed by atoms with Gasteiger partial charge in [0, 0.05) is 27.5 Å². The fourth-order valence-electron chi connectivity index (χ4n) is 10.5. The van der Waals surface area contributed by atoms with Crippen LogP contribution in [0, 0.1) is 0 Å². The average molecular weight is 789 g/mol. The van der Waals surface area contributed by atoms with Crippen LogP contribution < -0.4 is 0 Å². The molecule has 0 atom stereocenters. The zero-order chi connectivity index (χ0) is 40.8. The van der Waals surface area contributed by atoms with Crippen LogP contribution in [0.2, 0.25) is 0 Å². The average Bonchev–Trinajstić information content (AvgIpc) is 3.85. The standard InChI is InChI=1S/C58H36N4/c1-3-19-40(20-4-1)58(41-21-5-2-6-22-41)49-34-33-38-36-48(49)54-47(28-16-29-50(54)58)57-60-55(39-18-15-17-37(35-39)42-23-7-8-24-43(38)42)59-56(61-57)46-27-11-14-32-53(46)62-51-30-12-9-25-44(51)45-26-10-13-31-52(45)62/h1-36H. The summed E-state index contributed by atoms with van der Waals surface area (Å²) in [6.45, 7) is 0. The molecule has 0 N–H and O–H groups in total. The quantitative estimate of drug-likeness (QED) is 0.178. The summed E-state index contributed by atoms with van der Waals surface area (Å²) in [7, 11) is 0. The van der Waals surface area contributed by atoms with Crippen molar-refractivity contribution in [3.8, 4) is 73.2 Å². The highest BCUT2D eigenvalue weighted by Crippen LogP contribution is 2.59. The Hall–Kier alpha value is -8.21. The van der Waals surface area contributed by atoms with Gasteiger partial charge in [-0.3, -0.25) is 0 Å². The number of aromatic nitrogens is 4. The molecule has 4 nitrogen and oxygen atoms in total. The Morgan fingerprint density at radius 2 is 0.839 bits per heavy atom. The van der Waals surface area contributed by atoms with Crippen molar-refractivity contribution in [2.24, 2.45) is 0 Å². The monoisotopic (exact) mass is 788 g/mol. The number of nitrogens with zero attached hydrogens (tertiary/aromatic N) is 4. The van der Waals surface area contributed by atoms with E-state index >= 15 is 0 Å². The molecule has 0 radical (unpaired) electrons. The summed E-state index contributed by atoms with van der Waals surface area (Å²) >= 11 is 0. The normalized spacial score (nSPS) is 13.0. The molecule has 0 unspecified atom stereocenters. The molecule has 1 aliphatic heterocycles. The molecule has 0 spiro atoms. The molecule has 2 aliphatic rings. The summed E-state index contributed by atoms with van der Waals surface area (Å²) in [5, 5.41) is 2.41. The van der Waals surface area contributed by atoms with Crippen molar-refractivity contribution < 1.29 is 0 Å². The van der Waals surface area contributed by atoms with Gasteiger partial charge >= 0.3 is 0 Å². The van der Waals surface area contributed by atoms with Crippen LogP contribution in [-0.2, 0) is 5.41 Å². The maximum Gasteiger partial charge on any atom is 0.166 e. The Morgan fingerprint density at radius 3 is 1.53 bits per heavy atom. The third kappa shape index (κ3) is 4.92. The summed E-state index contributed by atoms with van der Waals surface area (Å²) < 4.78 is 2.36. The molecule has 3 heterocycles. The van der Waals surface area contributed by atoms with E-state index in [0.717, 1.165) is 55.7 Å². The number of hydrogen-bond donors (Lipinski definition) is 0. The van der Waals surface area contributed by atoms with Crippen LogP contribution in [0.1, 0.15) is 22.3 Å². The molecule has 2 aromatic heterocycles. The SMILES string of the molecule is c1ccc(C2(c3ccccc3)c3ccc4cc3-c3c(cccc32)-c2nc(nc(-c3ccccc3-n3c5ccccc5c5ccccc53)n2)-c2cccc(c2)-c2ccccc2-4)cc1. The summed E-state index contributed by atoms with van der Waals surface area (Å²) in [5.74, 6) is 1.87. The van der Waals surface area contributed by atoms with Gasteiger partial charge in [0.2, 0.25) is 0 Å². The lowest BCUT2D eigenvalue weighted by molar-refractivity contribution is 0.768. The largest absolute Gasteiger partial charge is 0.309 e. The Labute approximate surface area is 359 Å². The third-order valence-corrected chi connectivity index (χ3v) is 13.1. The molecule has 288 valence electrons. The number of para-hydroxylation sites is 3. The molecule has 1 aliphatic carbocycles. The second kappa shape index (κ2) is 13.4. The van der Waals surface area contributed by atoms with Crippen molar-refractivity contribution in [2.45, 2.75) is 5.41 Å². The van der Waals surface area contributed by atoms with Crippen molar-refractivity contribution in [2.75, 3.05) is 0 Å². The molecular weight excluding hydrogens is 753 g/mol. The van der Waals surface area contributed by atoms with E-state index in [1.165, 1.54) is 44.2 Å². The highest BCUT2D eigenvalue weighted by atomic mass is 15.1. The van der Waals surface area contributed by atoms with Crippen LogP contribution in [-0.4, -0.2) is 19.5 Å². The van der Waals surface area contributed by atoms with Crippen LogP contribution in [0.25, 0.3) is 95.0 Å². The first-order chi connectivity index (χ1) is 30.8. The molecular formula is C58H36N4. The van der Waals surface area contributed by atoms with E-state index in [2.05, 4.69) is 223 Å². The predicted molar refractivity (Wildman–Crippen MR) is 252 cm³/mol. The zero-order valence-corrected chi connectivity index (χ0v) is 33.6. The van der Waals surface area contributed by atoms with Crippen LogP contribution in [0.5, 0.6) is 0 Å². The minimum atomic E-state index is -0.593. The summed E-state index contributed by atoms with van der Waals surface area (Å²) in [4.78, 5) is 16.4. The first kappa shape index (κ1) is 34.6. The molecule has 0 fully saturated rings. The van der Waals surface area contributed by atoms with Gasteiger partial charge in [-0.15, -0.1) is 0 Å². The second-order valence-corrected chi connectivity index (χ2v) is 16.3. The molecule has 6 bridgehead atoms. The van der Waals surface area contributed by atoms with Crippen molar-refractivity contribution >= 4 is 21.8 Å². The molecule has 0 saturated carbocycles. The lowest BCUT2D eigenvalue weighted by Gasteiger charge is -2.34. The molecule has 4 heteroatoms. The third-order valence-electron chi connectivity index (χ3n) is 13.1. The van der Waals surface area contributed by atoms with E-state index < -0.39 is 5.41 Å². The minimum absolute atomic E-state index is 0.593. The molecule has 62 heavy (non-hydrogen) atoms. The first-order valence-electron chi connectivity index (χ1n) is 21.2. The Balaban J connectivity index is 1.16. The van der Waals surface area contributed by atoms with Crippen molar-refractivity contribution in [1.82, 2.24) is 19.5 Å². The zero-order valence-electron chi connectivity index (χ0n) is 33.6. The van der Waals surface area contributed by atoms with Crippen LogP contribution >= 0.6 is 0 Å². The van der Waals surface area contributed by atoms with E-state index in [4.69, 9.17) is 15.0 Å². The maximum absolute atomic E-state index is 5.54. The first-order valence-corrected chi connectivity index (χ1v) is 21.2. The maximum atomic E-state index is 5.54. The van der Waals surface area contributed by atoms with E-state index in [-0.39, 0.29) is 0 Å². The van der Waals surface area contributed by atoms with Gasteiger partial charge in [0.05, 0.1) is 22.1 Å². The smallest absolute Gasteiger partial charge is 0.166 e. The molecule has 9 aromatic carbocycles. The predicted octanol–water partition coefficient (Wildman–Crippen LogP) is 14.0. The minimum Gasteiger partial charge on any atom is -0.309 e. The van der Waals surface area contributed by atoms with Gasteiger partial charge in [0.1, 0.15) is 0 Å². The molecule has 0 amide bonds. The van der Waals surface area contributed by atoms with Gasteiger partial charge in [-0.2, -0.15) is 0 Å². The van der Waals surface area contributed by atoms with Gasteiger partial charge < -0.3 is 4.57 Å². The van der Waals surface area contributed by atoms with E-state index in [1.807, 2.05) is 0 Å². The topological polar surface area (TPSA) is 43.6 Å². The Morgan fingerprint density at radius 1 is 0.323 bits per heavy atom. The molecule has 11 aromatic rings. The van der Waals surface area contributed by atoms with E-state index in [9.17, 15) is 0 Å². The number of rotatable bonds is 4. The summed E-state index contributed by atoms with van der Waals surface area (Å²) in [6, 6.07) is 78.9. The van der Waals surface area contributed by atoms with Crippen molar-refractivity contribution in [1.29, 1.82) is 0 Å². The van der Waals surface area contributed by atoms with Crippen LogP contribution in [0.15, 0.2) is 218 Å². The Bertz CT molecular complexity index is 3490. The van der Waals surface area contributed by atoms with Gasteiger partial charge in [-0.1, -0.05) is 182 Å². The molecule has 0 saturated heterocycles. The van der Waals surface area contributed by atoms with Gasteiger partial charge in [0.15, 0.2) is 17.5 Å². The molecule has 13 rings (SSSR count). The van der Waals surface area contributed by atoms with E-state index in [0.29, 0.717) is 17.5 Å². The summed E-state index contributed by atoms with van der Waals surface area (Å²) in [6.07, 6.45) is 0. The lowest BCUT2D eigenvalue weighted by Crippen LogP contribution is -2.28. The van der Waals surface area contributed by atoms with Gasteiger partial charge in [-0.25, -0.2) is 15.0 Å². The number of fused-ring (bicyclic) bond motifs is 13. The van der Waals surface area contributed by atoms with Crippen molar-refractivity contribution in [3.63, 3.8) is 0 Å². The Kier molecular flexibility index (Phi) is 7.49. The lowest BCUT2D eigenvalue weighted by atomic mass is 9.67. The highest BCUT2D eigenvalue weighted by molar-refractivity contribution is 6.09. The van der Waals surface area contributed by atoms with Gasteiger partial charge in [0.25, 0.3) is 0 Å². The summed E-state index contributed by atoms with van der Waals surface area (Å²) in [5.41, 5.74) is 17.3. The number of hydrogen-bond acceptors (Lipinski definition) is 3. The van der Waals surface area contributed by atoms with E-state index in [1.54, 1.807) is 0 Å². The highest BCUT2D eigenvalue weighted by Gasteiger charge is 2.47. The van der Waals surface area contributed by atoms with Crippen LogP contribution in [0.4, 0.5) is 0 Å². The fourth-order valence-corrected chi connectivity index (χ4v) is 10.5. The van der Waals surface area contributed by atoms with Gasteiger partial charge in [-0.05, 0) is 92.0 Å². The second-order valence-electron chi connectivity index (χ2n) is 16.3. The van der Waals surface area contributed by atoms with Crippen LogP contribution in [0.3, 0.4) is 0 Å².